The number of halogens is 2. The van der Waals surface area contributed by atoms with Gasteiger partial charge in [0, 0.05) is 18.8 Å². The second kappa shape index (κ2) is 5.81. The fourth-order valence-electron chi connectivity index (χ4n) is 2.04. The number of nitrogens with zero attached hydrogens (tertiary/aromatic N) is 1. The summed E-state index contributed by atoms with van der Waals surface area (Å²) < 4.78 is 0. The first-order valence-electron chi connectivity index (χ1n) is 6.07. The number of carbonyl (C=O) groups is 1. The molecule has 3 nitrogen and oxygen atoms in total. The van der Waals surface area contributed by atoms with E-state index in [1.807, 2.05) is 12.1 Å². The first kappa shape index (κ1) is 13.5. The predicted octanol–water partition coefficient (Wildman–Crippen LogP) is 3.51. The Morgan fingerprint density at radius 3 is 2.61 bits per heavy atom. The number of hydrogen-bond donors (Lipinski definition) is 1. The highest BCUT2D eigenvalue weighted by atomic mass is 35.5. The van der Waals surface area contributed by atoms with E-state index in [1.165, 1.54) is 12.8 Å². The van der Waals surface area contributed by atoms with Crippen LogP contribution in [0.3, 0.4) is 0 Å². The average molecular weight is 287 g/mol. The Labute approximate surface area is 117 Å². The molecule has 2 rings (SSSR count). The van der Waals surface area contributed by atoms with Crippen LogP contribution >= 0.6 is 23.2 Å². The van der Waals surface area contributed by atoms with E-state index < -0.39 is 5.38 Å². The van der Waals surface area contributed by atoms with Crippen LogP contribution in [-0.2, 0) is 4.79 Å². The summed E-state index contributed by atoms with van der Waals surface area (Å²) in [6.45, 7) is 3.73. The second-order valence-corrected chi connectivity index (χ2v) is 5.53. The molecule has 18 heavy (non-hydrogen) atoms. The molecule has 0 spiro atoms. The Morgan fingerprint density at radius 2 is 2.06 bits per heavy atom. The predicted molar refractivity (Wildman–Crippen MR) is 76.8 cm³/mol. The number of hydrogen-bond acceptors (Lipinski definition) is 2. The highest BCUT2D eigenvalue weighted by Gasteiger charge is 2.16. The van der Waals surface area contributed by atoms with Gasteiger partial charge >= 0.3 is 0 Å². The van der Waals surface area contributed by atoms with Crippen molar-refractivity contribution in [2.24, 2.45) is 0 Å². The molecule has 1 aliphatic rings. The first-order valence-corrected chi connectivity index (χ1v) is 6.89. The van der Waals surface area contributed by atoms with Crippen LogP contribution in [0.25, 0.3) is 0 Å². The summed E-state index contributed by atoms with van der Waals surface area (Å²) >= 11 is 11.9. The third-order valence-corrected chi connectivity index (χ3v) is 3.52. The zero-order valence-corrected chi connectivity index (χ0v) is 11.8. The van der Waals surface area contributed by atoms with E-state index in [0.717, 1.165) is 18.8 Å². The molecule has 1 heterocycles. The van der Waals surface area contributed by atoms with Crippen molar-refractivity contribution in [2.45, 2.75) is 25.1 Å². The van der Waals surface area contributed by atoms with Gasteiger partial charge in [-0.2, -0.15) is 0 Å². The number of carbonyl (C=O) groups excluding carboxylic acids is 1. The van der Waals surface area contributed by atoms with Gasteiger partial charge in [-0.3, -0.25) is 4.79 Å². The summed E-state index contributed by atoms with van der Waals surface area (Å²) in [6.07, 6.45) is 2.41. The highest BCUT2D eigenvalue weighted by molar-refractivity contribution is 6.34. The van der Waals surface area contributed by atoms with E-state index in [0.29, 0.717) is 10.7 Å². The van der Waals surface area contributed by atoms with E-state index in [2.05, 4.69) is 10.2 Å². The Bertz CT molecular complexity index is 443. The quantitative estimate of drug-likeness (QED) is 0.863. The molecule has 1 atom stereocenters. The van der Waals surface area contributed by atoms with E-state index in [-0.39, 0.29) is 5.91 Å². The van der Waals surface area contributed by atoms with Crippen molar-refractivity contribution in [1.82, 2.24) is 0 Å². The minimum Gasteiger partial charge on any atom is -0.370 e. The second-order valence-electron chi connectivity index (χ2n) is 4.47. The van der Waals surface area contributed by atoms with Gasteiger partial charge in [-0.15, -0.1) is 11.6 Å². The lowest BCUT2D eigenvalue weighted by Crippen LogP contribution is -2.21. The van der Waals surface area contributed by atoms with Crippen LogP contribution in [-0.4, -0.2) is 24.4 Å². The molecule has 1 saturated heterocycles. The zero-order chi connectivity index (χ0) is 13.1. The number of rotatable bonds is 3. The number of amides is 1. The molecule has 0 radical (unpaired) electrons. The summed E-state index contributed by atoms with van der Waals surface area (Å²) in [5.74, 6) is -0.221. The van der Waals surface area contributed by atoms with Crippen molar-refractivity contribution in [3.05, 3.63) is 23.2 Å². The van der Waals surface area contributed by atoms with Gasteiger partial charge in [-0.1, -0.05) is 11.6 Å². The van der Waals surface area contributed by atoms with Crippen LogP contribution in [0.1, 0.15) is 19.8 Å². The van der Waals surface area contributed by atoms with Crippen molar-refractivity contribution in [3.8, 4) is 0 Å². The van der Waals surface area contributed by atoms with Crippen molar-refractivity contribution in [1.29, 1.82) is 0 Å². The number of nitrogens with one attached hydrogen (secondary N) is 1. The van der Waals surface area contributed by atoms with Crippen molar-refractivity contribution >= 4 is 40.5 Å². The van der Waals surface area contributed by atoms with Gasteiger partial charge in [-0.25, -0.2) is 0 Å². The number of anilines is 2. The van der Waals surface area contributed by atoms with Gasteiger partial charge in [0.25, 0.3) is 0 Å². The van der Waals surface area contributed by atoms with Gasteiger partial charge in [0.15, 0.2) is 0 Å². The number of alkyl halides is 1. The van der Waals surface area contributed by atoms with Crippen LogP contribution in [0.15, 0.2) is 18.2 Å². The van der Waals surface area contributed by atoms with Gasteiger partial charge < -0.3 is 10.2 Å². The molecule has 1 N–H and O–H groups in total. The molecule has 1 aliphatic heterocycles. The molecular weight excluding hydrogens is 271 g/mol. The Hall–Kier alpha value is -0.930. The maximum Gasteiger partial charge on any atom is 0.242 e. The smallest absolute Gasteiger partial charge is 0.242 e. The molecule has 1 unspecified atom stereocenters. The van der Waals surface area contributed by atoms with Gasteiger partial charge in [-0.05, 0) is 38.0 Å². The molecule has 1 aromatic carbocycles. The molecule has 0 aromatic heterocycles. The van der Waals surface area contributed by atoms with Crippen molar-refractivity contribution < 1.29 is 4.79 Å². The normalized spacial score (nSPS) is 16.7. The SMILES string of the molecule is CC(Cl)C(=O)Nc1ccc(N2CCCC2)c(Cl)c1. The fraction of sp³-hybridized carbons (Fsp3) is 0.462. The highest BCUT2D eigenvalue weighted by Crippen LogP contribution is 2.31. The van der Waals surface area contributed by atoms with Gasteiger partial charge in [0.1, 0.15) is 5.38 Å². The van der Waals surface area contributed by atoms with Crippen LogP contribution in [0.4, 0.5) is 11.4 Å². The maximum atomic E-state index is 11.5. The molecule has 98 valence electrons. The lowest BCUT2D eigenvalue weighted by atomic mass is 10.2. The molecule has 0 bridgehead atoms. The van der Waals surface area contributed by atoms with Gasteiger partial charge in [0.2, 0.25) is 5.91 Å². The van der Waals surface area contributed by atoms with Crippen molar-refractivity contribution in [2.75, 3.05) is 23.3 Å². The molecule has 5 heteroatoms. The summed E-state index contributed by atoms with van der Waals surface area (Å²) in [6, 6.07) is 5.57. The molecule has 0 aliphatic carbocycles. The molecule has 1 fully saturated rings. The standard InChI is InChI=1S/C13H16Cl2N2O/c1-9(14)13(18)16-10-4-5-12(11(15)8-10)17-6-2-3-7-17/h4-5,8-9H,2-3,6-7H2,1H3,(H,16,18). The lowest BCUT2D eigenvalue weighted by molar-refractivity contribution is -0.115. The van der Waals surface area contributed by atoms with E-state index >= 15 is 0 Å². The minimum atomic E-state index is -0.554. The first-order chi connectivity index (χ1) is 8.58. The Morgan fingerprint density at radius 1 is 1.39 bits per heavy atom. The van der Waals surface area contributed by atoms with Crippen LogP contribution in [0.2, 0.25) is 5.02 Å². The van der Waals surface area contributed by atoms with Crippen LogP contribution in [0, 0.1) is 0 Å². The minimum absolute atomic E-state index is 0.221. The molecule has 0 saturated carbocycles. The van der Waals surface area contributed by atoms with Crippen molar-refractivity contribution in [3.63, 3.8) is 0 Å². The number of benzene rings is 1. The lowest BCUT2D eigenvalue weighted by Gasteiger charge is -2.19. The van der Waals surface area contributed by atoms with Crippen LogP contribution in [0.5, 0.6) is 0 Å². The largest absolute Gasteiger partial charge is 0.370 e. The topological polar surface area (TPSA) is 32.3 Å². The molecule has 1 aromatic rings. The molecule has 1 amide bonds. The van der Waals surface area contributed by atoms with Crippen LogP contribution < -0.4 is 10.2 Å². The van der Waals surface area contributed by atoms with E-state index in [9.17, 15) is 4.79 Å². The Kier molecular flexibility index (Phi) is 4.36. The summed E-state index contributed by atoms with van der Waals surface area (Å²) in [5, 5.41) is 2.84. The third kappa shape index (κ3) is 3.09. The Balaban J connectivity index is 2.11. The van der Waals surface area contributed by atoms with E-state index in [1.54, 1.807) is 13.0 Å². The summed E-state index contributed by atoms with van der Waals surface area (Å²) in [5.41, 5.74) is 1.71. The fourth-order valence-corrected chi connectivity index (χ4v) is 2.40. The summed E-state index contributed by atoms with van der Waals surface area (Å²) in [7, 11) is 0. The average Bonchev–Trinajstić information content (AvgIpc) is 2.82. The van der Waals surface area contributed by atoms with E-state index in [4.69, 9.17) is 23.2 Å². The summed E-state index contributed by atoms with van der Waals surface area (Å²) in [4.78, 5) is 13.7. The zero-order valence-electron chi connectivity index (χ0n) is 10.2. The van der Waals surface area contributed by atoms with Gasteiger partial charge in [0.05, 0.1) is 10.7 Å². The molecular formula is C13H16Cl2N2O. The monoisotopic (exact) mass is 286 g/mol. The third-order valence-electron chi connectivity index (χ3n) is 3.02. The maximum absolute atomic E-state index is 11.5.